The number of fused-ring (bicyclic) bond motifs is 3. The second-order valence-electron chi connectivity index (χ2n) is 5.99. The van der Waals surface area contributed by atoms with E-state index in [-0.39, 0.29) is 5.92 Å². The minimum Gasteiger partial charge on any atom is -0.449 e. The molecule has 0 spiro atoms. The van der Waals surface area contributed by atoms with E-state index >= 15 is 0 Å². The summed E-state index contributed by atoms with van der Waals surface area (Å²) in [7, 11) is 0. The van der Waals surface area contributed by atoms with Crippen LogP contribution in [0.15, 0.2) is 42.5 Å². The number of ether oxygens (including phenoxy) is 1. The number of nitrogens with zero attached hydrogens (tertiary/aromatic N) is 2. The molecule has 1 aliphatic rings. The number of carbonyl (C=O) groups is 1. The maximum Gasteiger partial charge on any atom is 0.415 e. The van der Waals surface area contributed by atoms with Crippen LogP contribution in [-0.4, -0.2) is 18.7 Å². The first-order chi connectivity index (χ1) is 11.1. The molecule has 3 rings (SSSR count). The summed E-state index contributed by atoms with van der Waals surface area (Å²) in [6.45, 7) is 4.29. The van der Waals surface area contributed by atoms with Crippen molar-refractivity contribution in [3.8, 4) is 6.07 Å². The summed E-state index contributed by atoms with van der Waals surface area (Å²) in [5.74, 6) is 0.246. The topological polar surface area (TPSA) is 53.3 Å². The Morgan fingerprint density at radius 2 is 2.09 bits per heavy atom. The molecule has 116 valence electrons. The minimum absolute atomic E-state index is 0.246. The first-order valence-corrected chi connectivity index (χ1v) is 7.67. The molecule has 0 bridgehead atoms. The number of rotatable bonds is 2. The molecule has 0 saturated carbocycles. The van der Waals surface area contributed by atoms with E-state index in [0.717, 1.165) is 16.3 Å². The first-order valence-electron chi connectivity index (χ1n) is 7.67. The third-order valence-electron chi connectivity index (χ3n) is 3.80. The predicted molar refractivity (Wildman–Crippen MR) is 91.0 cm³/mol. The summed E-state index contributed by atoms with van der Waals surface area (Å²) in [4.78, 5) is 13.9. The Bertz CT molecular complexity index is 818. The van der Waals surface area contributed by atoms with Crippen molar-refractivity contribution < 1.29 is 9.53 Å². The van der Waals surface area contributed by atoms with Crippen LogP contribution in [-0.2, 0) is 4.74 Å². The van der Waals surface area contributed by atoms with Gasteiger partial charge in [-0.15, -0.1) is 0 Å². The summed E-state index contributed by atoms with van der Waals surface area (Å²) in [6, 6.07) is 13.3. The second kappa shape index (κ2) is 6.13. The fraction of sp³-hybridized carbons (Fsp3) is 0.263. The summed E-state index contributed by atoms with van der Waals surface area (Å²) < 4.78 is 5.35. The van der Waals surface area contributed by atoms with E-state index in [1.807, 2.05) is 56.3 Å². The highest BCUT2D eigenvalue weighted by atomic mass is 16.6. The largest absolute Gasteiger partial charge is 0.449 e. The average molecular weight is 306 g/mol. The highest BCUT2D eigenvalue weighted by molar-refractivity contribution is 6.03. The van der Waals surface area contributed by atoms with E-state index < -0.39 is 12.1 Å². The first kappa shape index (κ1) is 15.1. The lowest BCUT2D eigenvalue weighted by Crippen LogP contribution is -2.41. The van der Waals surface area contributed by atoms with Gasteiger partial charge in [0.1, 0.15) is 6.04 Å². The van der Waals surface area contributed by atoms with Gasteiger partial charge < -0.3 is 4.74 Å². The molecule has 4 heteroatoms. The number of hydrogen-bond acceptors (Lipinski definition) is 3. The van der Waals surface area contributed by atoms with E-state index in [9.17, 15) is 10.1 Å². The van der Waals surface area contributed by atoms with Gasteiger partial charge in [0.25, 0.3) is 0 Å². The Labute approximate surface area is 135 Å². The molecule has 2 aromatic carbocycles. The van der Waals surface area contributed by atoms with E-state index in [1.165, 1.54) is 4.90 Å². The molecular weight excluding hydrogens is 288 g/mol. The van der Waals surface area contributed by atoms with Crippen molar-refractivity contribution >= 4 is 28.6 Å². The van der Waals surface area contributed by atoms with Crippen molar-refractivity contribution in [2.24, 2.45) is 5.92 Å². The van der Waals surface area contributed by atoms with Crippen molar-refractivity contribution in [2.75, 3.05) is 11.5 Å². The molecule has 23 heavy (non-hydrogen) atoms. The third-order valence-corrected chi connectivity index (χ3v) is 3.80. The Balaban J connectivity index is 2.06. The molecule has 0 N–H and O–H groups in total. The Morgan fingerprint density at radius 1 is 1.30 bits per heavy atom. The highest BCUT2D eigenvalue weighted by Gasteiger charge is 2.30. The van der Waals surface area contributed by atoms with E-state index in [1.54, 1.807) is 6.08 Å². The fourth-order valence-corrected chi connectivity index (χ4v) is 2.71. The molecule has 1 aliphatic heterocycles. The van der Waals surface area contributed by atoms with Crippen molar-refractivity contribution in [3.63, 3.8) is 0 Å². The van der Waals surface area contributed by atoms with E-state index in [0.29, 0.717) is 12.3 Å². The summed E-state index contributed by atoms with van der Waals surface area (Å²) >= 11 is 0. The Kier molecular flexibility index (Phi) is 4.03. The summed E-state index contributed by atoms with van der Waals surface area (Å²) in [5.41, 5.74) is 1.66. The monoisotopic (exact) mass is 306 g/mol. The molecule has 0 saturated heterocycles. The van der Waals surface area contributed by atoms with Gasteiger partial charge in [0.2, 0.25) is 0 Å². The maximum atomic E-state index is 12.5. The molecular formula is C19H18N2O2. The molecule has 0 fully saturated rings. The van der Waals surface area contributed by atoms with Crippen LogP contribution in [0.4, 0.5) is 10.5 Å². The molecule has 1 unspecified atom stereocenters. The number of benzene rings is 2. The minimum atomic E-state index is -0.650. The molecule has 1 heterocycles. The van der Waals surface area contributed by atoms with Crippen molar-refractivity contribution in [2.45, 2.75) is 19.9 Å². The maximum absolute atomic E-state index is 12.5. The van der Waals surface area contributed by atoms with Crippen LogP contribution in [0.2, 0.25) is 0 Å². The molecule has 0 aliphatic carbocycles. The van der Waals surface area contributed by atoms with Crippen molar-refractivity contribution in [3.05, 3.63) is 48.0 Å². The lowest BCUT2D eigenvalue weighted by atomic mass is 9.97. The van der Waals surface area contributed by atoms with Crippen molar-refractivity contribution in [1.29, 1.82) is 5.26 Å². The van der Waals surface area contributed by atoms with Gasteiger partial charge in [0, 0.05) is 5.56 Å². The zero-order chi connectivity index (χ0) is 16.4. The quantitative estimate of drug-likeness (QED) is 0.828. The van der Waals surface area contributed by atoms with E-state index in [4.69, 9.17) is 4.74 Å². The molecule has 0 radical (unpaired) electrons. The van der Waals surface area contributed by atoms with Gasteiger partial charge in [-0.3, -0.25) is 4.90 Å². The second-order valence-corrected chi connectivity index (χ2v) is 5.99. The van der Waals surface area contributed by atoms with Crippen LogP contribution in [0.25, 0.3) is 16.8 Å². The van der Waals surface area contributed by atoms with Gasteiger partial charge in [-0.2, -0.15) is 5.26 Å². The van der Waals surface area contributed by atoms with Gasteiger partial charge in [-0.1, -0.05) is 50.3 Å². The Morgan fingerprint density at radius 3 is 2.83 bits per heavy atom. The lowest BCUT2D eigenvalue weighted by Gasteiger charge is -2.30. The van der Waals surface area contributed by atoms with Gasteiger partial charge in [-0.05, 0) is 28.8 Å². The smallest absolute Gasteiger partial charge is 0.415 e. The number of amides is 1. The summed E-state index contributed by atoms with van der Waals surface area (Å²) in [6.07, 6.45) is 3.18. The Hall–Kier alpha value is -2.80. The zero-order valence-corrected chi connectivity index (χ0v) is 13.2. The van der Waals surface area contributed by atoms with Crippen LogP contribution < -0.4 is 4.90 Å². The van der Waals surface area contributed by atoms with Crippen molar-refractivity contribution in [1.82, 2.24) is 0 Å². The highest BCUT2D eigenvalue weighted by Crippen LogP contribution is 2.35. The van der Waals surface area contributed by atoms with Gasteiger partial charge >= 0.3 is 6.09 Å². The number of hydrogen-bond donors (Lipinski definition) is 0. The van der Waals surface area contributed by atoms with Crippen LogP contribution in [0.3, 0.4) is 0 Å². The predicted octanol–water partition coefficient (Wildman–Crippen LogP) is 4.36. The fourth-order valence-electron chi connectivity index (χ4n) is 2.71. The van der Waals surface area contributed by atoms with Crippen LogP contribution in [0.1, 0.15) is 19.4 Å². The molecule has 0 aromatic heterocycles. The van der Waals surface area contributed by atoms with Gasteiger partial charge in [0.15, 0.2) is 0 Å². The third kappa shape index (κ3) is 2.78. The van der Waals surface area contributed by atoms with Crippen LogP contribution >= 0.6 is 0 Å². The van der Waals surface area contributed by atoms with Gasteiger partial charge in [0.05, 0.1) is 18.4 Å². The van der Waals surface area contributed by atoms with Crippen LogP contribution in [0, 0.1) is 17.2 Å². The molecule has 2 aromatic rings. The standard InChI is InChI=1S/C19H18N2O2/c1-13(2)12-23-19(22)21-15(11-20)8-9-17-16-6-4-3-5-14(16)7-10-18(17)21/h3-10,13,15H,12H2,1-2H3. The molecule has 1 atom stereocenters. The normalized spacial score (nSPS) is 16.3. The lowest BCUT2D eigenvalue weighted by molar-refractivity contribution is 0.139. The van der Waals surface area contributed by atoms with Crippen LogP contribution in [0.5, 0.6) is 0 Å². The number of carbonyl (C=O) groups excluding carboxylic acids is 1. The SMILES string of the molecule is CC(C)COC(=O)N1c2ccc3ccccc3c2C=CC1C#N. The van der Waals surface area contributed by atoms with E-state index in [2.05, 4.69) is 6.07 Å². The number of nitriles is 1. The van der Waals surface area contributed by atoms with Gasteiger partial charge in [-0.25, -0.2) is 4.79 Å². The molecule has 4 nitrogen and oxygen atoms in total. The molecule has 1 amide bonds. The number of anilines is 1. The zero-order valence-electron chi connectivity index (χ0n) is 13.2. The summed E-state index contributed by atoms with van der Waals surface area (Å²) in [5, 5.41) is 11.5. The average Bonchev–Trinajstić information content (AvgIpc) is 2.58.